The molecular formula is C23H25FN2O2. The van der Waals surface area contributed by atoms with Gasteiger partial charge < -0.3 is 14.0 Å². The zero-order valence-electron chi connectivity index (χ0n) is 16.3. The van der Waals surface area contributed by atoms with Crippen molar-refractivity contribution in [3.8, 4) is 11.5 Å². The Labute approximate surface area is 165 Å². The van der Waals surface area contributed by atoms with Gasteiger partial charge in [0.15, 0.2) is 0 Å². The number of rotatable bonds is 5. The second-order valence-electron chi connectivity index (χ2n) is 7.13. The van der Waals surface area contributed by atoms with Crippen molar-refractivity contribution in [2.24, 2.45) is 0 Å². The fourth-order valence-electron chi connectivity index (χ4n) is 4.05. The van der Waals surface area contributed by atoms with Crippen LogP contribution in [0.2, 0.25) is 0 Å². The highest BCUT2D eigenvalue weighted by atomic mass is 19.1. The van der Waals surface area contributed by atoms with Crippen molar-refractivity contribution in [2.45, 2.75) is 25.6 Å². The van der Waals surface area contributed by atoms with E-state index in [0.29, 0.717) is 6.54 Å². The Morgan fingerprint density at radius 2 is 1.75 bits per heavy atom. The van der Waals surface area contributed by atoms with Crippen LogP contribution in [0, 0.1) is 5.82 Å². The van der Waals surface area contributed by atoms with Crippen molar-refractivity contribution < 1.29 is 13.9 Å². The second-order valence-corrected chi connectivity index (χ2v) is 7.13. The van der Waals surface area contributed by atoms with Gasteiger partial charge in [-0.25, -0.2) is 4.39 Å². The summed E-state index contributed by atoms with van der Waals surface area (Å²) < 4.78 is 27.1. The molecule has 0 fully saturated rings. The molecule has 0 saturated carbocycles. The van der Waals surface area contributed by atoms with Crippen LogP contribution in [0.1, 0.15) is 29.3 Å². The van der Waals surface area contributed by atoms with Gasteiger partial charge in [0.25, 0.3) is 0 Å². The number of benzene rings is 2. The van der Waals surface area contributed by atoms with Crippen LogP contribution in [-0.4, -0.2) is 30.2 Å². The first kappa shape index (κ1) is 18.6. The van der Waals surface area contributed by atoms with E-state index >= 15 is 0 Å². The van der Waals surface area contributed by atoms with E-state index in [1.165, 1.54) is 11.8 Å². The van der Waals surface area contributed by atoms with Gasteiger partial charge in [-0.3, -0.25) is 4.90 Å². The summed E-state index contributed by atoms with van der Waals surface area (Å²) in [5.41, 5.74) is 3.30. The zero-order valence-corrected chi connectivity index (χ0v) is 16.3. The first-order valence-electron chi connectivity index (χ1n) is 9.54. The smallest absolute Gasteiger partial charge is 0.123 e. The van der Waals surface area contributed by atoms with Crippen LogP contribution < -0.4 is 9.47 Å². The van der Waals surface area contributed by atoms with Gasteiger partial charge in [0, 0.05) is 37.6 Å². The summed E-state index contributed by atoms with van der Waals surface area (Å²) in [6.45, 7) is 2.56. The minimum Gasteiger partial charge on any atom is -0.497 e. The highest BCUT2D eigenvalue weighted by Gasteiger charge is 2.28. The summed E-state index contributed by atoms with van der Waals surface area (Å²) in [6.07, 6.45) is 3.17. The minimum atomic E-state index is -0.199. The number of halogens is 1. The van der Waals surface area contributed by atoms with Crippen molar-refractivity contribution in [2.75, 3.05) is 20.8 Å². The number of ether oxygens (including phenoxy) is 2. The van der Waals surface area contributed by atoms with E-state index in [4.69, 9.17) is 9.47 Å². The summed E-state index contributed by atoms with van der Waals surface area (Å²) >= 11 is 0. The van der Waals surface area contributed by atoms with Gasteiger partial charge in [-0.1, -0.05) is 12.1 Å². The van der Waals surface area contributed by atoms with Crippen LogP contribution in [0.15, 0.2) is 60.8 Å². The van der Waals surface area contributed by atoms with Gasteiger partial charge in [-0.2, -0.15) is 0 Å². The fraction of sp³-hybridized carbons (Fsp3) is 0.304. The van der Waals surface area contributed by atoms with Crippen LogP contribution in [0.5, 0.6) is 11.5 Å². The van der Waals surface area contributed by atoms with E-state index in [1.807, 2.05) is 12.1 Å². The van der Waals surface area contributed by atoms with E-state index in [0.717, 1.165) is 42.1 Å². The molecule has 1 aromatic heterocycles. The van der Waals surface area contributed by atoms with Crippen molar-refractivity contribution in [3.63, 3.8) is 0 Å². The molecule has 0 aliphatic carbocycles. The number of nitrogens with zero attached hydrogens (tertiary/aromatic N) is 2. The SMILES string of the molecule is COc1cc(OC)cc([C@@H]2c3cccn3CCCN2Cc2cccc(F)c2)c1. The molecule has 0 N–H and O–H groups in total. The lowest BCUT2D eigenvalue weighted by atomic mass is 10.00. The van der Waals surface area contributed by atoms with Gasteiger partial charge in [-0.15, -0.1) is 0 Å². The lowest BCUT2D eigenvalue weighted by molar-refractivity contribution is 0.219. The lowest BCUT2D eigenvalue weighted by Gasteiger charge is -2.31. The molecule has 28 heavy (non-hydrogen) atoms. The molecule has 1 aliphatic rings. The van der Waals surface area contributed by atoms with Crippen LogP contribution in [0.3, 0.4) is 0 Å². The van der Waals surface area contributed by atoms with E-state index in [2.05, 4.69) is 39.9 Å². The molecule has 2 heterocycles. The van der Waals surface area contributed by atoms with Gasteiger partial charge >= 0.3 is 0 Å². The van der Waals surface area contributed by atoms with Gasteiger partial charge in [0.1, 0.15) is 17.3 Å². The first-order valence-corrected chi connectivity index (χ1v) is 9.54. The Morgan fingerprint density at radius 3 is 2.46 bits per heavy atom. The van der Waals surface area contributed by atoms with E-state index in [-0.39, 0.29) is 11.9 Å². The third-order valence-electron chi connectivity index (χ3n) is 5.32. The third-order valence-corrected chi connectivity index (χ3v) is 5.32. The molecule has 0 saturated heterocycles. The molecule has 1 aliphatic heterocycles. The normalized spacial score (nSPS) is 17.0. The van der Waals surface area contributed by atoms with Gasteiger partial charge in [0.2, 0.25) is 0 Å². The number of aromatic nitrogens is 1. The number of fused-ring (bicyclic) bond motifs is 1. The van der Waals surface area contributed by atoms with Crippen LogP contribution in [0.4, 0.5) is 4.39 Å². The summed E-state index contributed by atoms with van der Waals surface area (Å²) in [6, 6.07) is 17.2. The summed E-state index contributed by atoms with van der Waals surface area (Å²) in [5.74, 6) is 1.33. The summed E-state index contributed by atoms with van der Waals surface area (Å²) in [7, 11) is 3.33. The Morgan fingerprint density at radius 1 is 0.964 bits per heavy atom. The Kier molecular flexibility index (Phi) is 5.35. The van der Waals surface area contributed by atoms with E-state index in [9.17, 15) is 4.39 Å². The topological polar surface area (TPSA) is 26.6 Å². The predicted octanol–water partition coefficient (Wildman–Crippen LogP) is 4.64. The molecule has 1 atom stereocenters. The van der Waals surface area contributed by atoms with Crippen molar-refractivity contribution in [1.82, 2.24) is 9.47 Å². The first-order chi connectivity index (χ1) is 13.7. The van der Waals surface area contributed by atoms with Crippen molar-refractivity contribution in [1.29, 1.82) is 0 Å². The molecule has 146 valence electrons. The zero-order chi connectivity index (χ0) is 19.5. The standard InChI is InChI=1S/C23H25FN2O2/c1-27-20-13-18(14-21(15-20)28-2)23-22-8-4-9-25(22)10-5-11-26(23)16-17-6-3-7-19(24)12-17/h3-4,6-9,12-15,23H,5,10-11,16H2,1-2H3/t23-/m1/s1. The lowest BCUT2D eigenvalue weighted by Crippen LogP contribution is -2.29. The van der Waals surface area contributed by atoms with Crippen molar-refractivity contribution in [3.05, 3.63) is 83.4 Å². The number of methoxy groups -OCH3 is 2. The Balaban J connectivity index is 1.79. The van der Waals surface area contributed by atoms with Gasteiger partial charge in [0.05, 0.1) is 20.3 Å². The molecule has 4 nitrogen and oxygen atoms in total. The number of aryl methyl sites for hydroxylation is 1. The predicted molar refractivity (Wildman–Crippen MR) is 107 cm³/mol. The average Bonchev–Trinajstić information content (AvgIpc) is 3.09. The molecule has 2 aromatic carbocycles. The molecule has 0 amide bonds. The highest BCUT2D eigenvalue weighted by molar-refractivity contribution is 5.42. The van der Waals surface area contributed by atoms with Crippen LogP contribution in [-0.2, 0) is 13.1 Å². The molecule has 0 bridgehead atoms. The molecule has 5 heteroatoms. The van der Waals surface area contributed by atoms with E-state index in [1.54, 1.807) is 26.4 Å². The summed E-state index contributed by atoms with van der Waals surface area (Å²) in [4.78, 5) is 2.40. The Bertz CT molecular complexity index is 931. The molecule has 3 aromatic rings. The molecule has 0 spiro atoms. The molecule has 0 radical (unpaired) electrons. The largest absolute Gasteiger partial charge is 0.497 e. The van der Waals surface area contributed by atoms with Gasteiger partial charge in [-0.05, 0) is 53.9 Å². The number of hydrogen-bond donors (Lipinski definition) is 0. The summed E-state index contributed by atoms with van der Waals surface area (Å²) in [5, 5.41) is 0. The molecular weight excluding hydrogens is 355 g/mol. The maximum atomic E-state index is 13.8. The molecule has 0 unspecified atom stereocenters. The maximum Gasteiger partial charge on any atom is 0.123 e. The molecule has 4 rings (SSSR count). The third kappa shape index (κ3) is 3.76. The Hall–Kier alpha value is -2.79. The number of hydrogen-bond acceptors (Lipinski definition) is 3. The fourth-order valence-corrected chi connectivity index (χ4v) is 4.05. The van der Waals surface area contributed by atoms with Crippen LogP contribution in [0.25, 0.3) is 0 Å². The minimum absolute atomic E-state index is 0.0322. The van der Waals surface area contributed by atoms with Crippen LogP contribution >= 0.6 is 0 Å². The second kappa shape index (κ2) is 8.07. The monoisotopic (exact) mass is 380 g/mol. The van der Waals surface area contributed by atoms with Crippen molar-refractivity contribution >= 4 is 0 Å². The van der Waals surface area contributed by atoms with E-state index < -0.39 is 0 Å². The quantitative estimate of drug-likeness (QED) is 0.645. The maximum absolute atomic E-state index is 13.8. The highest BCUT2D eigenvalue weighted by Crippen LogP contribution is 2.36. The average molecular weight is 380 g/mol.